The number of methoxy groups -OCH3 is 2. The summed E-state index contributed by atoms with van der Waals surface area (Å²) in [5.74, 6) is -2.99. The van der Waals surface area contributed by atoms with Crippen molar-refractivity contribution in [3.05, 3.63) is 92.4 Å². The van der Waals surface area contributed by atoms with Gasteiger partial charge in [0.05, 0.1) is 43.0 Å². The van der Waals surface area contributed by atoms with Gasteiger partial charge in [-0.3, -0.25) is 23.7 Å². The molecule has 0 radical (unpaired) electrons. The zero-order chi connectivity index (χ0) is 33.4. The van der Waals surface area contributed by atoms with E-state index in [9.17, 15) is 29.1 Å². The van der Waals surface area contributed by atoms with Gasteiger partial charge in [0.2, 0.25) is 17.7 Å². The summed E-state index contributed by atoms with van der Waals surface area (Å²) in [6, 6.07) is 17.4. The van der Waals surface area contributed by atoms with Gasteiger partial charge in [0.15, 0.2) is 11.5 Å². The Balaban J connectivity index is 1.38. The van der Waals surface area contributed by atoms with E-state index in [1.807, 2.05) is 0 Å². The first-order valence-electron chi connectivity index (χ1n) is 14.5. The summed E-state index contributed by atoms with van der Waals surface area (Å²) in [4.78, 5) is 68.1. The first kappa shape index (κ1) is 31.9. The monoisotopic (exact) mass is 675 g/mol. The summed E-state index contributed by atoms with van der Waals surface area (Å²) < 4.78 is 16.9. The van der Waals surface area contributed by atoms with Crippen molar-refractivity contribution in [3.8, 4) is 17.2 Å². The van der Waals surface area contributed by atoms with Gasteiger partial charge < -0.3 is 24.6 Å². The molecule has 1 aromatic heterocycles. The predicted octanol–water partition coefficient (Wildman–Crippen LogP) is 4.24. The lowest BCUT2D eigenvalue weighted by Crippen LogP contribution is -2.33. The number of phenols is 1. The molecule has 12 nitrogen and oxygen atoms in total. The largest absolute Gasteiger partial charge is 0.504 e. The van der Waals surface area contributed by atoms with E-state index in [-0.39, 0.29) is 35.9 Å². The standard InChI is InChI=1S/C33H29N3O9S2/c1-4-45-32(41)17-5-10-20(11-6-17)36-29(39)26-25(18-7-14-22(37)23(15-18)44-3)28-31(46-27(26)30(36)40)35(33(42)47-28)16-24(38)34-19-8-12-21(43-2)13-9-19/h5-15,25-27,37H,4,16H2,1-3H3,(H,34,38)/t25-,26?,27?/m0/s1. The Labute approximate surface area is 276 Å². The number of nitrogens with zero attached hydrogens (tertiary/aromatic N) is 2. The van der Waals surface area contributed by atoms with Crippen LogP contribution < -0.4 is 24.6 Å². The van der Waals surface area contributed by atoms with Gasteiger partial charge in [-0.25, -0.2) is 9.69 Å². The number of hydrogen-bond donors (Lipinski definition) is 2. The second-order valence-corrected chi connectivity index (χ2v) is 12.8. The van der Waals surface area contributed by atoms with Crippen molar-refractivity contribution in [2.75, 3.05) is 31.0 Å². The second-order valence-electron chi connectivity index (χ2n) is 10.7. The molecule has 0 bridgehead atoms. The molecule has 2 N–H and O–H groups in total. The first-order valence-corrected chi connectivity index (χ1v) is 16.2. The summed E-state index contributed by atoms with van der Waals surface area (Å²) in [6.45, 7) is 1.57. The average molecular weight is 676 g/mol. The first-order chi connectivity index (χ1) is 22.6. The molecule has 47 heavy (non-hydrogen) atoms. The molecule has 242 valence electrons. The van der Waals surface area contributed by atoms with Crippen LogP contribution in [0.1, 0.15) is 33.6 Å². The highest BCUT2D eigenvalue weighted by Gasteiger charge is 2.57. The number of nitrogens with one attached hydrogen (secondary N) is 1. The fraction of sp³-hybridized carbons (Fsp3) is 0.242. The van der Waals surface area contributed by atoms with Crippen LogP contribution in [0.5, 0.6) is 17.2 Å². The normalized spacial score (nSPS) is 18.4. The van der Waals surface area contributed by atoms with E-state index in [0.717, 1.165) is 28.0 Å². The second kappa shape index (κ2) is 13.0. The van der Waals surface area contributed by atoms with E-state index in [1.54, 1.807) is 43.3 Å². The van der Waals surface area contributed by atoms with Crippen molar-refractivity contribution >= 4 is 58.2 Å². The molecule has 4 aromatic rings. The van der Waals surface area contributed by atoms with Crippen LogP contribution in [0.2, 0.25) is 0 Å². The molecule has 3 atom stereocenters. The van der Waals surface area contributed by atoms with Gasteiger partial charge in [-0.05, 0) is 73.2 Å². The molecule has 0 saturated carbocycles. The number of aromatic hydroxyl groups is 1. The lowest BCUT2D eigenvalue weighted by molar-refractivity contribution is -0.122. The number of carbonyl (C=O) groups is 4. The number of fused-ring (bicyclic) bond motifs is 2. The number of anilines is 2. The molecule has 6 rings (SSSR count). The summed E-state index contributed by atoms with van der Waals surface area (Å²) in [7, 11) is 2.93. The van der Waals surface area contributed by atoms with Crippen molar-refractivity contribution in [1.29, 1.82) is 0 Å². The van der Waals surface area contributed by atoms with E-state index < -0.39 is 45.6 Å². The topological polar surface area (TPSA) is 153 Å². The molecule has 3 aromatic carbocycles. The minimum atomic E-state index is -0.936. The summed E-state index contributed by atoms with van der Waals surface area (Å²) >= 11 is 1.98. The Kier molecular flexibility index (Phi) is 8.80. The molecule has 3 heterocycles. The molecule has 2 aliphatic rings. The molecule has 0 spiro atoms. The third-order valence-corrected chi connectivity index (χ3v) is 10.5. The van der Waals surface area contributed by atoms with Crippen LogP contribution in [0.25, 0.3) is 0 Å². The maximum Gasteiger partial charge on any atom is 0.338 e. The van der Waals surface area contributed by atoms with Gasteiger partial charge in [-0.2, -0.15) is 0 Å². The molecular formula is C33H29N3O9S2. The highest BCUT2D eigenvalue weighted by molar-refractivity contribution is 8.00. The summed E-state index contributed by atoms with van der Waals surface area (Å²) in [5, 5.41) is 12.5. The molecular weight excluding hydrogens is 647 g/mol. The maximum atomic E-state index is 14.2. The average Bonchev–Trinajstić information content (AvgIpc) is 3.51. The fourth-order valence-electron chi connectivity index (χ4n) is 5.74. The van der Waals surface area contributed by atoms with E-state index in [0.29, 0.717) is 26.9 Å². The number of hydrogen-bond acceptors (Lipinski definition) is 11. The molecule has 3 amide bonds. The number of thioether (sulfide) groups is 1. The highest BCUT2D eigenvalue weighted by Crippen LogP contribution is 2.54. The highest BCUT2D eigenvalue weighted by atomic mass is 32.2. The number of thiazole rings is 1. The third-order valence-electron chi connectivity index (χ3n) is 7.92. The van der Waals surface area contributed by atoms with Crippen molar-refractivity contribution in [2.24, 2.45) is 5.92 Å². The quantitative estimate of drug-likeness (QED) is 0.195. The van der Waals surface area contributed by atoms with Crippen LogP contribution in [-0.2, 0) is 25.7 Å². The van der Waals surface area contributed by atoms with Gasteiger partial charge in [0, 0.05) is 16.5 Å². The number of imide groups is 1. The number of esters is 1. The van der Waals surface area contributed by atoms with E-state index >= 15 is 0 Å². The Morgan fingerprint density at radius 3 is 2.32 bits per heavy atom. The molecule has 2 unspecified atom stereocenters. The Hall–Kier alpha value is -5.08. The van der Waals surface area contributed by atoms with Gasteiger partial charge in [-0.15, -0.1) is 0 Å². The number of rotatable bonds is 9. The van der Waals surface area contributed by atoms with Gasteiger partial charge in [0.25, 0.3) is 0 Å². The number of aromatic nitrogens is 1. The minimum Gasteiger partial charge on any atom is -0.504 e. The van der Waals surface area contributed by atoms with Gasteiger partial charge in [0.1, 0.15) is 17.5 Å². The number of ether oxygens (including phenoxy) is 3. The van der Waals surface area contributed by atoms with Crippen LogP contribution >= 0.6 is 23.1 Å². The Morgan fingerprint density at radius 1 is 0.936 bits per heavy atom. The van der Waals surface area contributed by atoms with Crippen LogP contribution in [0.4, 0.5) is 11.4 Å². The molecule has 1 fully saturated rings. The summed E-state index contributed by atoms with van der Waals surface area (Å²) in [5.41, 5.74) is 1.61. The van der Waals surface area contributed by atoms with Crippen LogP contribution in [0.3, 0.4) is 0 Å². The van der Waals surface area contributed by atoms with Crippen LogP contribution in [-0.4, -0.2) is 59.4 Å². The van der Waals surface area contributed by atoms with Gasteiger partial charge in [-0.1, -0.05) is 29.2 Å². The Morgan fingerprint density at radius 2 is 1.66 bits per heavy atom. The van der Waals surface area contributed by atoms with E-state index in [2.05, 4.69) is 5.32 Å². The molecule has 0 aliphatic carbocycles. The molecule has 2 aliphatic heterocycles. The van der Waals surface area contributed by atoms with Gasteiger partial charge >= 0.3 is 10.8 Å². The number of phenolic OH excluding ortho intramolecular Hbond substituents is 1. The van der Waals surface area contributed by atoms with Crippen LogP contribution in [0.15, 0.2) is 76.6 Å². The smallest absolute Gasteiger partial charge is 0.338 e. The van der Waals surface area contributed by atoms with Crippen molar-refractivity contribution in [1.82, 2.24) is 4.57 Å². The minimum absolute atomic E-state index is 0.115. The van der Waals surface area contributed by atoms with Crippen molar-refractivity contribution < 1.29 is 38.5 Å². The maximum absolute atomic E-state index is 14.2. The molecule has 1 saturated heterocycles. The number of benzene rings is 3. The zero-order valence-electron chi connectivity index (χ0n) is 25.4. The molecule has 14 heteroatoms. The van der Waals surface area contributed by atoms with E-state index in [1.165, 1.54) is 49.1 Å². The Bertz CT molecular complexity index is 1940. The third kappa shape index (κ3) is 5.85. The van der Waals surface area contributed by atoms with E-state index in [4.69, 9.17) is 14.2 Å². The van der Waals surface area contributed by atoms with Crippen LogP contribution in [0, 0.1) is 5.92 Å². The lowest BCUT2D eigenvalue weighted by atomic mass is 9.83. The van der Waals surface area contributed by atoms with Crippen molar-refractivity contribution in [3.63, 3.8) is 0 Å². The van der Waals surface area contributed by atoms with Crippen molar-refractivity contribution in [2.45, 2.75) is 29.7 Å². The lowest BCUT2D eigenvalue weighted by Gasteiger charge is -2.31. The SMILES string of the molecule is CCOC(=O)c1ccc(N2C(=O)C3Sc4c(sc(=O)n4CC(=O)Nc4ccc(OC)cc4)[C@@H](c4ccc(O)c(OC)c4)C3C2=O)cc1. The summed E-state index contributed by atoms with van der Waals surface area (Å²) in [6.07, 6.45) is 0. The fourth-order valence-corrected chi connectivity index (χ4v) is 8.51. The zero-order valence-corrected chi connectivity index (χ0v) is 27.1. The number of carbonyl (C=O) groups excluding carboxylic acids is 4. The number of amides is 3. The predicted molar refractivity (Wildman–Crippen MR) is 175 cm³/mol.